The van der Waals surface area contributed by atoms with Gasteiger partial charge in [0, 0.05) is 27.8 Å². The van der Waals surface area contributed by atoms with Crippen molar-refractivity contribution >= 4 is 19.7 Å². The average Bonchev–Trinajstić information content (AvgIpc) is 3.25. The molecule has 8 heteroatoms. The van der Waals surface area contributed by atoms with Crippen molar-refractivity contribution in [2.24, 2.45) is 5.10 Å². The predicted octanol–water partition coefficient (Wildman–Crippen LogP) is 3.60. The Labute approximate surface area is 192 Å². The van der Waals surface area contributed by atoms with Gasteiger partial charge in [-0.3, -0.25) is 15.1 Å². The zero-order valence-corrected chi connectivity index (χ0v) is 20.5. The van der Waals surface area contributed by atoms with Gasteiger partial charge in [-0.15, -0.1) is 10.6 Å². The van der Waals surface area contributed by atoms with Gasteiger partial charge in [0.1, 0.15) is 0 Å². The number of hydrazone groups is 1. The Hall–Kier alpha value is -2.52. The van der Waals surface area contributed by atoms with Crippen molar-refractivity contribution in [1.82, 2.24) is 21.0 Å². The molecule has 7 nitrogen and oxygen atoms in total. The number of rotatable bonds is 12. The molecular formula is C24H35N5O2Si. The summed E-state index contributed by atoms with van der Waals surface area (Å²) in [5.41, 5.74) is 8.14. The van der Waals surface area contributed by atoms with Gasteiger partial charge >= 0.3 is 0 Å². The fourth-order valence-electron chi connectivity index (χ4n) is 3.32. The van der Waals surface area contributed by atoms with Gasteiger partial charge in [0.25, 0.3) is 0 Å². The first kappa shape index (κ1) is 24.1. The number of carbonyl (C=O) groups is 1. The fourth-order valence-corrected chi connectivity index (χ4v) is 4.08. The van der Waals surface area contributed by atoms with Crippen molar-refractivity contribution in [3.05, 3.63) is 71.8 Å². The van der Waals surface area contributed by atoms with Gasteiger partial charge < -0.3 is 4.74 Å². The molecule has 32 heavy (non-hydrogen) atoms. The van der Waals surface area contributed by atoms with Crippen LogP contribution in [0.3, 0.4) is 0 Å². The van der Waals surface area contributed by atoms with Gasteiger partial charge in [0.2, 0.25) is 11.6 Å². The first-order chi connectivity index (χ1) is 15.3. The highest BCUT2D eigenvalue weighted by Crippen LogP contribution is 2.15. The van der Waals surface area contributed by atoms with Gasteiger partial charge in [0.05, 0.1) is 6.04 Å². The predicted molar refractivity (Wildman–Crippen MR) is 131 cm³/mol. The number of hydrazine groups is 2. The van der Waals surface area contributed by atoms with Gasteiger partial charge in [-0.1, -0.05) is 80.3 Å². The van der Waals surface area contributed by atoms with E-state index in [1.54, 1.807) is 0 Å². The van der Waals surface area contributed by atoms with Crippen LogP contribution in [0.25, 0.3) is 0 Å². The lowest BCUT2D eigenvalue weighted by atomic mass is 10.1. The van der Waals surface area contributed by atoms with Gasteiger partial charge in [-0.25, -0.2) is 0 Å². The van der Waals surface area contributed by atoms with Crippen molar-refractivity contribution in [1.29, 1.82) is 0 Å². The highest BCUT2D eigenvalue weighted by Gasteiger charge is 2.29. The molecule has 1 atom stereocenters. The number of Topliss-reactive ketones (excluding diaryl/α,β-unsaturated/α-hetero) is 1. The summed E-state index contributed by atoms with van der Waals surface area (Å²) < 4.78 is 5.72. The minimum atomic E-state index is -1.13. The van der Waals surface area contributed by atoms with Crippen molar-refractivity contribution in [3.63, 3.8) is 0 Å². The van der Waals surface area contributed by atoms with Crippen molar-refractivity contribution in [2.75, 3.05) is 13.3 Å². The lowest BCUT2D eigenvalue weighted by Crippen LogP contribution is -2.47. The largest absolute Gasteiger partial charge is 0.358 e. The first-order valence-electron chi connectivity index (χ1n) is 11.1. The van der Waals surface area contributed by atoms with Crippen LogP contribution in [0.5, 0.6) is 0 Å². The van der Waals surface area contributed by atoms with Crippen LogP contribution >= 0.6 is 0 Å². The number of ether oxygens (including phenoxy) is 1. The van der Waals surface area contributed by atoms with Crippen LogP contribution in [0.4, 0.5) is 0 Å². The van der Waals surface area contributed by atoms with E-state index in [-0.39, 0.29) is 11.8 Å². The van der Waals surface area contributed by atoms with Crippen LogP contribution < -0.4 is 11.0 Å². The van der Waals surface area contributed by atoms with Gasteiger partial charge in [-0.2, -0.15) is 5.12 Å². The van der Waals surface area contributed by atoms with E-state index in [0.29, 0.717) is 32.3 Å². The van der Waals surface area contributed by atoms with Gasteiger partial charge in [-0.05, 0) is 24.1 Å². The van der Waals surface area contributed by atoms with E-state index in [1.807, 2.05) is 43.3 Å². The smallest absolute Gasteiger partial charge is 0.217 e. The maximum absolute atomic E-state index is 13.2. The average molecular weight is 454 g/mol. The van der Waals surface area contributed by atoms with E-state index in [0.717, 1.165) is 6.04 Å². The molecule has 0 spiro atoms. The molecule has 0 radical (unpaired) electrons. The number of nitrogens with one attached hydrogen (secondary N) is 2. The minimum absolute atomic E-state index is 0.0611. The second kappa shape index (κ2) is 11.4. The van der Waals surface area contributed by atoms with Crippen LogP contribution in [0.1, 0.15) is 18.1 Å². The van der Waals surface area contributed by atoms with Crippen LogP contribution in [-0.2, 0) is 22.6 Å². The van der Waals surface area contributed by atoms with Gasteiger partial charge in [0.15, 0.2) is 6.73 Å². The molecule has 0 bridgehead atoms. The van der Waals surface area contributed by atoms with E-state index in [4.69, 9.17) is 4.74 Å². The van der Waals surface area contributed by atoms with E-state index in [9.17, 15) is 4.79 Å². The topological polar surface area (TPSA) is 69.2 Å². The number of benzene rings is 2. The molecule has 0 fully saturated rings. The monoisotopic (exact) mass is 453 g/mol. The van der Waals surface area contributed by atoms with E-state index in [2.05, 4.69) is 64.9 Å². The lowest BCUT2D eigenvalue weighted by Gasteiger charge is -2.28. The molecule has 1 aliphatic rings. The van der Waals surface area contributed by atoms with Crippen molar-refractivity contribution in [3.8, 4) is 0 Å². The summed E-state index contributed by atoms with van der Waals surface area (Å²) in [5.74, 6) is 0.242. The summed E-state index contributed by atoms with van der Waals surface area (Å²) in [7, 11) is -1.13. The first-order valence-corrected chi connectivity index (χ1v) is 14.8. The standard InChI is InChI=1S/C24H35N5O2Si/c1-20(23(30)24-25-27-29(26-24)19-31-15-16-32(2,3)4)28(17-21-11-7-5-8-12-21)18-22-13-9-6-10-14-22/h5-14,20,27H,15-19H2,1-4H3,(H,25,26)/t20-/m0/s1. The normalized spacial score (nSPS) is 14.9. The second-order valence-corrected chi connectivity index (χ2v) is 15.0. The van der Waals surface area contributed by atoms with Crippen LogP contribution in [0.15, 0.2) is 65.8 Å². The molecule has 172 valence electrons. The van der Waals surface area contributed by atoms with E-state index >= 15 is 0 Å². The van der Waals surface area contributed by atoms with Crippen molar-refractivity contribution in [2.45, 2.75) is 51.7 Å². The quantitative estimate of drug-likeness (QED) is 0.378. The Morgan fingerprint density at radius 3 is 2.12 bits per heavy atom. The molecule has 3 rings (SSSR count). The SMILES string of the molecule is C[C@@H](C(=O)C1=NN(COCC[Si](C)(C)C)NN1)N(Cc1ccccc1)Cc1ccccc1. The molecule has 1 aliphatic heterocycles. The third kappa shape index (κ3) is 7.56. The second-order valence-electron chi connectivity index (χ2n) is 9.35. The number of hydrogen-bond donors (Lipinski definition) is 2. The minimum Gasteiger partial charge on any atom is -0.358 e. The summed E-state index contributed by atoms with van der Waals surface area (Å²) in [5, 5.41) is 5.91. The molecule has 0 aromatic heterocycles. The maximum atomic E-state index is 13.2. The summed E-state index contributed by atoms with van der Waals surface area (Å²) in [6, 6.07) is 21.2. The zero-order chi connectivity index (χ0) is 23.0. The van der Waals surface area contributed by atoms with Crippen molar-refractivity contribution < 1.29 is 9.53 Å². The summed E-state index contributed by atoms with van der Waals surface area (Å²) >= 11 is 0. The van der Waals surface area contributed by atoms with Crippen LogP contribution in [-0.4, -0.2) is 49.1 Å². The number of nitrogens with zero attached hydrogens (tertiary/aromatic N) is 3. The summed E-state index contributed by atoms with van der Waals surface area (Å²) in [6.45, 7) is 11.2. The lowest BCUT2D eigenvalue weighted by molar-refractivity contribution is -0.118. The highest BCUT2D eigenvalue weighted by atomic mass is 28.3. The maximum Gasteiger partial charge on any atom is 0.217 e. The number of hydrogen-bond acceptors (Lipinski definition) is 7. The number of carbonyl (C=O) groups excluding carboxylic acids is 1. The van der Waals surface area contributed by atoms with E-state index < -0.39 is 8.07 Å². The third-order valence-electron chi connectivity index (χ3n) is 5.35. The van der Waals surface area contributed by atoms with Crippen LogP contribution in [0.2, 0.25) is 25.7 Å². The fraction of sp³-hybridized carbons (Fsp3) is 0.417. The Balaban J connectivity index is 1.63. The molecule has 0 aliphatic carbocycles. The summed E-state index contributed by atoms with van der Waals surface area (Å²) in [4.78, 5) is 15.4. The summed E-state index contributed by atoms with van der Waals surface area (Å²) in [6.07, 6.45) is 0. The Morgan fingerprint density at radius 1 is 1.03 bits per heavy atom. The molecule has 2 aromatic carbocycles. The molecule has 0 saturated carbocycles. The Morgan fingerprint density at radius 2 is 1.59 bits per heavy atom. The van der Waals surface area contributed by atoms with Crippen LogP contribution in [0, 0.1) is 0 Å². The molecule has 1 heterocycles. The molecule has 0 amide bonds. The number of amidine groups is 1. The zero-order valence-electron chi connectivity index (χ0n) is 19.5. The van der Waals surface area contributed by atoms with E-state index in [1.165, 1.54) is 16.2 Å². The molecule has 2 N–H and O–H groups in total. The Kier molecular flexibility index (Phi) is 8.58. The molecule has 2 aromatic rings. The third-order valence-corrected chi connectivity index (χ3v) is 7.06. The molecular weight excluding hydrogens is 418 g/mol. The number of ketones is 1. The Bertz CT molecular complexity index is 845. The highest BCUT2D eigenvalue weighted by molar-refractivity contribution is 6.76. The molecule has 0 saturated heterocycles. The molecule has 0 unspecified atom stereocenters.